The number of aryl methyl sites for hydroxylation is 2. The molecule has 20 heavy (non-hydrogen) atoms. The maximum atomic E-state index is 5.39. The minimum Gasteiger partial charge on any atom is -0.497 e. The summed E-state index contributed by atoms with van der Waals surface area (Å²) >= 11 is 0. The first kappa shape index (κ1) is 14.3. The van der Waals surface area contributed by atoms with Crippen LogP contribution in [0.4, 0.5) is 5.69 Å². The summed E-state index contributed by atoms with van der Waals surface area (Å²) in [6, 6.07) is 12.2. The molecule has 2 aromatic carbocycles. The van der Waals surface area contributed by atoms with Gasteiger partial charge in [0.05, 0.1) is 14.2 Å². The molecule has 3 heteroatoms. The Bertz CT molecular complexity index is 570. The lowest BCUT2D eigenvalue weighted by molar-refractivity contribution is 0.408. The van der Waals surface area contributed by atoms with Crippen LogP contribution in [0.25, 0.3) is 0 Å². The Labute approximate surface area is 120 Å². The van der Waals surface area contributed by atoms with E-state index in [1.807, 2.05) is 24.3 Å². The van der Waals surface area contributed by atoms with E-state index in [9.17, 15) is 0 Å². The quantitative estimate of drug-likeness (QED) is 0.893. The van der Waals surface area contributed by atoms with Crippen molar-refractivity contribution in [1.29, 1.82) is 0 Å². The molecule has 0 fully saturated rings. The number of rotatable bonds is 5. The van der Waals surface area contributed by atoms with Crippen LogP contribution in [0.3, 0.4) is 0 Å². The van der Waals surface area contributed by atoms with Gasteiger partial charge in [0.1, 0.15) is 11.5 Å². The molecule has 0 heterocycles. The summed E-state index contributed by atoms with van der Waals surface area (Å²) < 4.78 is 10.6. The van der Waals surface area contributed by atoms with E-state index in [2.05, 4.69) is 31.3 Å². The van der Waals surface area contributed by atoms with Gasteiger partial charge in [0.25, 0.3) is 0 Å². The maximum Gasteiger partial charge on any atom is 0.124 e. The Morgan fingerprint density at radius 2 is 1.65 bits per heavy atom. The van der Waals surface area contributed by atoms with Crippen LogP contribution < -0.4 is 14.8 Å². The standard InChI is InChI=1S/C17H21NO2/c1-12-8-14(9-13(2)17(12)20-4)11-18-15-6-5-7-16(10-15)19-3/h5-10,18H,11H2,1-4H3. The smallest absolute Gasteiger partial charge is 0.124 e. The van der Waals surface area contributed by atoms with E-state index in [-0.39, 0.29) is 0 Å². The SMILES string of the molecule is COc1cccc(NCc2cc(C)c(OC)c(C)c2)c1. The molecule has 0 radical (unpaired) electrons. The molecule has 3 nitrogen and oxygen atoms in total. The third kappa shape index (κ3) is 3.23. The average Bonchev–Trinajstić information content (AvgIpc) is 2.45. The lowest BCUT2D eigenvalue weighted by Crippen LogP contribution is -2.01. The summed E-state index contributed by atoms with van der Waals surface area (Å²) in [4.78, 5) is 0. The monoisotopic (exact) mass is 271 g/mol. The summed E-state index contributed by atoms with van der Waals surface area (Å²) in [5.74, 6) is 1.83. The highest BCUT2D eigenvalue weighted by molar-refractivity contribution is 5.49. The second-order valence-corrected chi connectivity index (χ2v) is 4.85. The van der Waals surface area contributed by atoms with E-state index in [1.165, 1.54) is 5.56 Å². The Morgan fingerprint density at radius 3 is 2.25 bits per heavy atom. The number of benzene rings is 2. The minimum absolute atomic E-state index is 0.777. The van der Waals surface area contributed by atoms with Crippen molar-refractivity contribution in [2.75, 3.05) is 19.5 Å². The summed E-state index contributed by atoms with van der Waals surface area (Å²) in [7, 11) is 3.39. The Hall–Kier alpha value is -2.16. The number of anilines is 1. The number of hydrogen-bond donors (Lipinski definition) is 1. The zero-order valence-electron chi connectivity index (χ0n) is 12.5. The van der Waals surface area contributed by atoms with Crippen LogP contribution in [0.2, 0.25) is 0 Å². The third-order valence-corrected chi connectivity index (χ3v) is 3.29. The highest BCUT2D eigenvalue weighted by atomic mass is 16.5. The molecule has 0 aromatic heterocycles. The van der Waals surface area contributed by atoms with Crippen molar-refractivity contribution in [1.82, 2.24) is 0 Å². The van der Waals surface area contributed by atoms with E-state index in [0.29, 0.717) is 0 Å². The van der Waals surface area contributed by atoms with Crippen molar-refractivity contribution in [3.63, 3.8) is 0 Å². The van der Waals surface area contributed by atoms with Crippen molar-refractivity contribution < 1.29 is 9.47 Å². The number of nitrogens with one attached hydrogen (secondary N) is 1. The molecule has 0 atom stereocenters. The second kappa shape index (κ2) is 6.33. The van der Waals surface area contributed by atoms with E-state index in [1.54, 1.807) is 14.2 Å². The van der Waals surface area contributed by atoms with Gasteiger partial charge in [0, 0.05) is 18.3 Å². The fourth-order valence-electron chi connectivity index (χ4n) is 2.40. The van der Waals surface area contributed by atoms with Crippen LogP contribution >= 0.6 is 0 Å². The lowest BCUT2D eigenvalue weighted by atomic mass is 10.1. The Balaban J connectivity index is 2.10. The van der Waals surface area contributed by atoms with Crippen LogP contribution in [-0.2, 0) is 6.54 Å². The van der Waals surface area contributed by atoms with E-state index >= 15 is 0 Å². The maximum absolute atomic E-state index is 5.39. The van der Waals surface area contributed by atoms with Gasteiger partial charge >= 0.3 is 0 Å². The molecule has 1 N–H and O–H groups in total. The molecule has 0 saturated heterocycles. The van der Waals surface area contributed by atoms with Gasteiger partial charge < -0.3 is 14.8 Å². The van der Waals surface area contributed by atoms with Gasteiger partial charge in [-0.3, -0.25) is 0 Å². The van der Waals surface area contributed by atoms with E-state index in [4.69, 9.17) is 9.47 Å². The Morgan fingerprint density at radius 1 is 0.950 bits per heavy atom. The molecule has 0 unspecified atom stereocenters. The largest absolute Gasteiger partial charge is 0.497 e. The fraction of sp³-hybridized carbons (Fsp3) is 0.294. The predicted octanol–water partition coefficient (Wildman–Crippen LogP) is 3.93. The predicted molar refractivity (Wildman–Crippen MR) is 82.8 cm³/mol. The number of ether oxygens (including phenoxy) is 2. The van der Waals surface area contributed by atoms with Crippen LogP contribution in [0, 0.1) is 13.8 Å². The molecule has 0 aliphatic carbocycles. The van der Waals surface area contributed by atoms with Gasteiger partial charge in [-0.15, -0.1) is 0 Å². The first-order chi connectivity index (χ1) is 9.63. The van der Waals surface area contributed by atoms with Crippen molar-refractivity contribution >= 4 is 5.69 Å². The fourth-order valence-corrected chi connectivity index (χ4v) is 2.40. The molecule has 0 aliphatic rings. The molecule has 106 valence electrons. The van der Waals surface area contributed by atoms with Crippen molar-refractivity contribution in [2.24, 2.45) is 0 Å². The van der Waals surface area contributed by atoms with E-state index < -0.39 is 0 Å². The average molecular weight is 271 g/mol. The number of hydrogen-bond acceptors (Lipinski definition) is 3. The Kier molecular flexibility index (Phi) is 4.51. The van der Waals surface area contributed by atoms with E-state index in [0.717, 1.165) is 34.9 Å². The highest BCUT2D eigenvalue weighted by Crippen LogP contribution is 2.25. The van der Waals surface area contributed by atoms with Crippen LogP contribution in [0.1, 0.15) is 16.7 Å². The molecule has 0 bridgehead atoms. The normalized spacial score (nSPS) is 10.2. The van der Waals surface area contributed by atoms with Crippen LogP contribution in [0.5, 0.6) is 11.5 Å². The van der Waals surface area contributed by atoms with Crippen LogP contribution in [-0.4, -0.2) is 14.2 Å². The first-order valence-corrected chi connectivity index (χ1v) is 6.66. The zero-order valence-corrected chi connectivity index (χ0v) is 12.5. The topological polar surface area (TPSA) is 30.5 Å². The minimum atomic E-state index is 0.777. The van der Waals surface area contributed by atoms with Crippen molar-refractivity contribution in [3.05, 3.63) is 53.1 Å². The first-order valence-electron chi connectivity index (χ1n) is 6.66. The summed E-state index contributed by atoms with van der Waals surface area (Å²) in [5, 5.41) is 3.41. The molecular formula is C17H21NO2. The van der Waals surface area contributed by atoms with Crippen molar-refractivity contribution in [2.45, 2.75) is 20.4 Å². The van der Waals surface area contributed by atoms with Gasteiger partial charge in [-0.05, 0) is 42.7 Å². The second-order valence-electron chi connectivity index (χ2n) is 4.85. The highest BCUT2D eigenvalue weighted by Gasteiger charge is 2.05. The molecular weight excluding hydrogens is 250 g/mol. The molecule has 0 aliphatic heterocycles. The van der Waals surface area contributed by atoms with Gasteiger partial charge in [0.15, 0.2) is 0 Å². The molecule has 2 aromatic rings. The summed E-state index contributed by atoms with van der Waals surface area (Å²) in [5.41, 5.74) is 4.61. The summed E-state index contributed by atoms with van der Waals surface area (Å²) in [6.45, 7) is 4.92. The molecule has 2 rings (SSSR count). The number of methoxy groups -OCH3 is 2. The molecule has 0 spiro atoms. The zero-order chi connectivity index (χ0) is 14.5. The summed E-state index contributed by atoms with van der Waals surface area (Å²) in [6.07, 6.45) is 0. The van der Waals surface area contributed by atoms with Gasteiger partial charge in [0.2, 0.25) is 0 Å². The lowest BCUT2D eigenvalue weighted by Gasteiger charge is -2.13. The molecule has 0 amide bonds. The van der Waals surface area contributed by atoms with Gasteiger partial charge in [-0.1, -0.05) is 18.2 Å². The van der Waals surface area contributed by atoms with Gasteiger partial charge in [-0.25, -0.2) is 0 Å². The van der Waals surface area contributed by atoms with Gasteiger partial charge in [-0.2, -0.15) is 0 Å². The molecule has 0 saturated carbocycles. The van der Waals surface area contributed by atoms with Crippen LogP contribution in [0.15, 0.2) is 36.4 Å². The third-order valence-electron chi connectivity index (χ3n) is 3.29. The van der Waals surface area contributed by atoms with Crippen molar-refractivity contribution in [3.8, 4) is 11.5 Å².